The minimum Gasteiger partial charge on any atom is -0.369 e. The van der Waals surface area contributed by atoms with Crippen LogP contribution >= 0.6 is 15.9 Å². The van der Waals surface area contributed by atoms with Crippen molar-refractivity contribution in [1.29, 1.82) is 0 Å². The molecule has 1 fully saturated rings. The molecule has 0 aliphatic carbocycles. The second kappa shape index (κ2) is 5.84. The molecule has 1 aromatic rings. The molecule has 1 aliphatic rings. The van der Waals surface area contributed by atoms with E-state index < -0.39 is 0 Å². The summed E-state index contributed by atoms with van der Waals surface area (Å²) in [5, 5.41) is 7.40. The quantitative estimate of drug-likeness (QED) is 0.903. The third kappa shape index (κ3) is 2.59. The van der Waals surface area contributed by atoms with Crippen LogP contribution in [-0.2, 0) is 6.54 Å². The molecule has 100 valence electrons. The van der Waals surface area contributed by atoms with E-state index in [1.165, 1.54) is 4.68 Å². The van der Waals surface area contributed by atoms with Crippen LogP contribution in [0.1, 0.15) is 13.3 Å². The largest absolute Gasteiger partial charge is 0.369 e. The lowest BCUT2D eigenvalue weighted by Gasteiger charge is -2.20. The highest BCUT2D eigenvalue weighted by Gasteiger charge is 2.24. The van der Waals surface area contributed by atoms with E-state index in [9.17, 15) is 4.79 Å². The zero-order chi connectivity index (χ0) is 13.1. The van der Waals surface area contributed by atoms with Gasteiger partial charge < -0.3 is 10.2 Å². The van der Waals surface area contributed by atoms with Crippen molar-refractivity contribution in [3.05, 3.63) is 21.0 Å². The summed E-state index contributed by atoms with van der Waals surface area (Å²) in [4.78, 5) is 14.2. The maximum Gasteiger partial charge on any atom is 0.283 e. The molecule has 1 aromatic heterocycles. The minimum atomic E-state index is -0.0490. The van der Waals surface area contributed by atoms with Gasteiger partial charge in [0.1, 0.15) is 4.47 Å². The number of nitrogens with one attached hydrogen (secondary N) is 1. The molecule has 1 atom stereocenters. The van der Waals surface area contributed by atoms with Crippen molar-refractivity contribution in [2.45, 2.75) is 19.9 Å². The smallest absolute Gasteiger partial charge is 0.283 e. The number of nitrogens with zero attached hydrogens (tertiary/aromatic N) is 3. The van der Waals surface area contributed by atoms with Gasteiger partial charge in [-0.05, 0) is 48.8 Å². The van der Waals surface area contributed by atoms with Crippen LogP contribution in [0.2, 0.25) is 0 Å². The van der Waals surface area contributed by atoms with Gasteiger partial charge in [-0.1, -0.05) is 0 Å². The van der Waals surface area contributed by atoms with E-state index in [1.807, 2.05) is 14.0 Å². The van der Waals surface area contributed by atoms with Crippen molar-refractivity contribution in [3.8, 4) is 0 Å². The molecule has 1 aliphatic heterocycles. The average Bonchev–Trinajstić information content (AvgIpc) is 2.81. The lowest BCUT2D eigenvalue weighted by Crippen LogP contribution is -2.29. The van der Waals surface area contributed by atoms with Crippen LogP contribution in [0, 0.1) is 5.92 Å². The van der Waals surface area contributed by atoms with Gasteiger partial charge >= 0.3 is 0 Å². The van der Waals surface area contributed by atoms with E-state index in [2.05, 4.69) is 31.2 Å². The summed E-state index contributed by atoms with van der Waals surface area (Å²) in [5.41, 5.74) is 0.871. The summed E-state index contributed by atoms with van der Waals surface area (Å²) in [7, 11) is 1.97. The maximum atomic E-state index is 12.0. The number of aryl methyl sites for hydroxylation is 1. The predicted octanol–water partition coefficient (Wildman–Crippen LogP) is 1.07. The first-order chi connectivity index (χ1) is 8.67. The van der Waals surface area contributed by atoms with Crippen molar-refractivity contribution in [2.24, 2.45) is 5.92 Å². The number of rotatable bonds is 4. The first-order valence-corrected chi connectivity index (χ1v) is 7.11. The molecular formula is C12H19BrN4O. The Bertz CT molecular complexity index is 474. The zero-order valence-corrected chi connectivity index (χ0v) is 12.4. The standard InChI is InChI=1S/C12H19BrN4O/c1-3-17-12(18)11(13)10(7-15-17)16-5-4-9(8-16)6-14-2/h7,9,14H,3-6,8H2,1-2H3. The Labute approximate surface area is 115 Å². The van der Waals surface area contributed by atoms with Gasteiger partial charge in [-0.2, -0.15) is 5.10 Å². The first-order valence-electron chi connectivity index (χ1n) is 6.32. The number of hydrogen-bond donors (Lipinski definition) is 1. The van der Waals surface area contributed by atoms with Crippen LogP contribution in [0.15, 0.2) is 15.5 Å². The van der Waals surface area contributed by atoms with Crippen molar-refractivity contribution >= 4 is 21.6 Å². The van der Waals surface area contributed by atoms with Crippen LogP contribution in [0.3, 0.4) is 0 Å². The second-order valence-corrected chi connectivity index (χ2v) is 5.42. The molecule has 2 rings (SSSR count). The number of anilines is 1. The fourth-order valence-electron chi connectivity index (χ4n) is 2.41. The third-order valence-corrected chi connectivity index (χ3v) is 4.13. The Morgan fingerprint density at radius 1 is 1.61 bits per heavy atom. The third-order valence-electron chi connectivity index (χ3n) is 3.39. The van der Waals surface area contributed by atoms with Gasteiger partial charge in [0.25, 0.3) is 5.56 Å². The predicted molar refractivity (Wildman–Crippen MR) is 76.1 cm³/mol. The molecule has 0 bridgehead atoms. The molecule has 1 unspecified atom stereocenters. The van der Waals surface area contributed by atoms with Crippen LogP contribution in [0.25, 0.3) is 0 Å². The maximum absolute atomic E-state index is 12.0. The Morgan fingerprint density at radius 3 is 3.06 bits per heavy atom. The number of halogens is 1. The number of hydrogen-bond acceptors (Lipinski definition) is 4. The van der Waals surface area contributed by atoms with E-state index in [-0.39, 0.29) is 5.56 Å². The molecule has 0 spiro atoms. The Kier molecular flexibility index (Phi) is 4.40. The van der Waals surface area contributed by atoms with Crippen molar-refractivity contribution < 1.29 is 0 Å². The monoisotopic (exact) mass is 314 g/mol. The van der Waals surface area contributed by atoms with Crippen LogP contribution in [0.4, 0.5) is 5.69 Å². The fourth-order valence-corrected chi connectivity index (χ4v) is 2.97. The topological polar surface area (TPSA) is 50.2 Å². The lowest BCUT2D eigenvalue weighted by molar-refractivity contribution is 0.548. The molecule has 6 heteroatoms. The molecule has 5 nitrogen and oxygen atoms in total. The molecule has 2 heterocycles. The highest BCUT2D eigenvalue weighted by atomic mass is 79.9. The Hall–Kier alpha value is -0.880. The van der Waals surface area contributed by atoms with Gasteiger partial charge in [-0.3, -0.25) is 4.79 Å². The molecular weight excluding hydrogens is 296 g/mol. The van der Waals surface area contributed by atoms with Gasteiger partial charge in [0, 0.05) is 19.6 Å². The molecule has 0 radical (unpaired) electrons. The van der Waals surface area contributed by atoms with Gasteiger partial charge in [-0.15, -0.1) is 0 Å². The van der Waals surface area contributed by atoms with Crippen LogP contribution in [0.5, 0.6) is 0 Å². The molecule has 0 aromatic carbocycles. The Morgan fingerprint density at radius 2 is 2.39 bits per heavy atom. The van der Waals surface area contributed by atoms with E-state index in [0.29, 0.717) is 16.9 Å². The molecule has 1 saturated heterocycles. The summed E-state index contributed by atoms with van der Waals surface area (Å²) in [6, 6.07) is 0. The summed E-state index contributed by atoms with van der Waals surface area (Å²) >= 11 is 3.41. The van der Waals surface area contributed by atoms with Gasteiger partial charge in [0.15, 0.2) is 0 Å². The summed E-state index contributed by atoms with van der Waals surface area (Å²) in [5.74, 6) is 0.649. The first kappa shape index (κ1) is 13.5. The molecule has 18 heavy (non-hydrogen) atoms. The van der Waals surface area contributed by atoms with Crippen molar-refractivity contribution in [2.75, 3.05) is 31.6 Å². The average molecular weight is 315 g/mol. The lowest BCUT2D eigenvalue weighted by atomic mass is 10.1. The van der Waals surface area contributed by atoms with E-state index >= 15 is 0 Å². The normalized spacial score (nSPS) is 19.5. The number of aromatic nitrogens is 2. The second-order valence-electron chi connectivity index (χ2n) is 4.62. The minimum absolute atomic E-state index is 0.0490. The van der Waals surface area contributed by atoms with Gasteiger partial charge in [0.2, 0.25) is 0 Å². The van der Waals surface area contributed by atoms with Crippen LogP contribution in [-0.4, -0.2) is 36.5 Å². The van der Waals surface area contributed by atoms with Crippen molar-refractivity contribution in [1.82, 2.24) is 15.1 Å². The zero-order valence-electron chi connectivity index (χ0n) is 10.8. The SMILES string of the molecule is CCn1ncc(N2CCC(CNC)C2)c(Br)c1=O. The Balaban J connectivity index is 2.20. The van der Waals surface area contributed by atoms with E-state index in [0.717, 1.165) is 31.7 Å². The van der Waals surface area contributed by atoms with Gasteiger partial charge in [0.05, 0.1) is 11.9 Å². The summed E-state index contributed by atoms with van der Waals surface area (Å²) < 4.78 is 2.10. The fraction of sp³-hybridized carbons (Fsp3) is 0.667. The molecule has 0 saturated carbocycles. The van der Waals surface area contributed by atoms with Crippen LogP contribution < -0.4 is 15.8 Å². The van der Waals surface area contributed by atoms with Crippen molar-refractivity contribution in [3.63, 3.8) is 0 Å². The van der Waals surface area contributed by atoms with E-state index in [1.54, 1.807) is 6.20 Å². The van der Waals surface area contributed by atoms with Gasteiger partial charge in [-0.25, -0.2) is 4.68 Å². The summed E-state index contributed by atoms with van der Waals surface area (Å²) in [6.07, 6.45) is 2.95. The highest BCUT2D eigenvalue weighted by molar-refractivity contribution is 9.10. The molecule has 1 N–H and O–H groups in total. The molecule has 0 amide bonds. The highest BCUT2D eigenvalue weighted by Crippen LogP contribution is 2.27. The summed E-state index contributed by atoms with van der Waals surface area (Å²) in [6.45, 7) is 5.51. The van der Waals surface area contributed by atoms with E-state index in [4.69, 9.17) is 0 Å².